The van der Waals surface area contributed by atoms with Gasteiger partial charge in [-0.15, -0.1) is 13.2 Å². The Balaban J connectivity index is 0.845. The monoisotopic (exact) mass is 891 g/mol. The highest BCUT2D eigenvalue weighted by atomic mass is 19.4. The molecule has 336 valence electrons. The van der Waals surface area contributed by atoms with Crippen LogP contribution in [-0.2, 0) is 32.1 Å². The van der Waals surface area contributed by atoms with E-state index in [-0.39, 0.29) is 79.5 Å². The van der Waals surface area contributed by atoms with Crippen molar-refractivity contribution in [2.24, 2.45) is 5.73 Å². The molecule has 3 aliphatic rings. The fraction of sp³-hybridized carbons (Fsp3) is 0.357. The second-order valence-corrected chi connectivity index (χ2v) is 15.2. The Morgan fingerprint density at radius 2 is 1.77 bits per heavy atom. The molecule has 1 unspecified atom stereocenters. The third-order valence-electron chi connectivity index (χ3n) is 10.7. The highest BCUT2D eigenvalue weighted by Crippen LogP contribution is 2.33. The predicted octanol–water partition coefficient (Wildman–Crippen LogP) is 2.91. The van der Waals surface area contributed by atoms with Crippen LogP contribution in [-0.4, -0.2) is 117 Å². The second kappa shape index (κ2) is 18.9. The average Bonchev–Trinajstić information content (AvgIpc) is 3.82. The number of halogens is 4. The summed E-state index contributed by atoms with van der Waals surface area (Å²) in [6.07, 6.45) is -1.70. The minimum atomic E-state index is -4.85. The summed E-state index contributed by atoms with van der Waals surface area (Å²) in [6, 6.07) is 9.70. The van der Waals surface area contributed by atoms with E-state index in [1.54, 1.807) is 29.2 Å². The third kappa shape index (κ3) is 10.4. The molecule has 3 aliphatic heterocycles. The van der Waals surface area contributed by atoms with Gasteiger partial charge in [-0.1, -0.05) is 18.2 Å². The largest absolute Gasteiger partial charge is 0.573 e. The number of alkyl halides is 4. The van der Waals surface area contributed by atoms with Crippen LogP contribution < -0.4 is 31.2 Å². The molecule has 22 heteroatoms. The number of hydrogen-bond acceptors (Lipinski definition) is 12. The predicted molar refractivity (Wildman–Crippen MR) is 215 cm³/mol. The van der Waals surface area contributed by atoms with Gasteiger partial charge in [0.2, 0.25) is 29.5 Å². The molecule has 0 radical (unpaired) electrons. The highest BCUT2D eigenvalue weighted by molar-refractivity contribution is 6.25. The average molecular weight is 892 g/mol. The van der Waals surface area contributed by atoms with Gasteiger partial charge in [0.15, 0.2) is 6.17 Å². The number of likely N-dealkylation sites (tertiary alicyclic amines) is 1. The molecule has 5 heterocycles. The van der Waals surface area contributed by atoms with E-state index in [2.05, 4.69) is 30.7 Å². The molecular weight excluding hydrogens is 851 g/mol. The molecule has 4 aromatic rings. The number of nitrogens with one attached hydrogen (secondary N) is 3. The van der Waals surface area contributed by atoms with Gasteiger partial charge < -0.3 is 35.3 Å². The van der Waals surface area contributed by atoms with Crippen molar-refractivity contribution in [2.75, 3.05) is 31.5 Å². The first-order chi connectivity index (χ1) is 30.5. The summed E-state index contributed by atoms with van der Waals surface area (Å²) in [7, 11) is 0. The van der Waals surface area contributed by atoms with Crippen LogP contribution in [0.3, 0.4) is 0 Å². The van der Waals surface area contributed by atoms with Crippen molar-refractivity contribution in [1.29, 1.82) is 0 Å². The van der Waals surface area contributed by atoms with E-state index >= 15 is 4.39 Å². The first kappa shape index (κ1) is 44.7. The molecule has 18 nitrogen and oxygen atoms in total. The number of piperidine rings is 2. The fourth-order valence-electron chi connectivity index (χ4n) is 7.52. The van der Waals surface area contributed by atoms with E-state index in [4.69, 9.17) is 10.5 Å². The molecule has 64 heavy (non-hydrogen) atoms. The zero-order chi connectivity index (χ0) is 45.7. The van der Waals surface area contributed by atoms with Gasteiger partial charge in [-0.2, -0.15) is 0 Å². The Bertz CT molecular complexity index is 2480. The summed E-state index contributed by atoms with van der Waals surface area (Å²) in [5.41, 5.74) is 7.24. The number of carbonyl (C=O) groups is 7. The molecule has 5 N–H and O–H groups in total. The van der Waals surface area contributed by atoms with Crippen molar-refractivity contribution in [3.8, 4) is 22.9 Å². The number of ether oxygens (including phenoxy) is 2. The number of aromatic nitrogens is 3. The van der Waals surface area contributed by atoms with E-state index in [1.807, 2.05) is 0 Å². The van der Waals surface area contributed by atoms with Gasteiger partial charge in [-0.05, 0) is 55.2 Å². The number of imidazole rings is 1. The number of imide groups is 2. The summed E-state index contributed by atoms with van der Waals surface area (Å²) in [6.45, 7) is 0.458. The number of carbonyl (C=O) groups excluding carboxylic acids is 7. The van der Waals surface area contributed by atoms with Crippen molar-refractivity contribution >= 4 is 47.0 Å². The molecule has 3 atom stereocenters. The van der Waals surface area contributed by atoms with Gasteiger partial charge in [-0.3, -0.25) is 43.8 Å². The van der Waals surface area contributed by atoms with Gasteiger partial charge in [0.25, 0.3) is 17.7 Å². The van der Waals surface area contributed by atoms with Crippen LogP contribution in [0.25, 0.3) is 11.3 Å². The summed E-state index contributed by atoms with van der Waals surface area (Å²) in [5, 5.41) is 7.85. The minimum Gasteiger partial charge on any atom is -0.471 e. The summed E-state index contributed by atoms with van der Waals surface area (Å²) in [5.74, 6) is -4.83. The van der Waals surface area contributed by atoms with E-state index < -0.39 is 65.9 Å². The maximum Gasteiger partial charge on any atom is 0.573 e. The molecule has 0 saturated carbocycles. The smallest absolute Gasteiger partial charge is 0.471 e. The Morgan fingerprint density at radius 3 is 2.48 bits per heavy atom. The zero-order valence-electron chi connectivity index (χ0n) is 33.9. The van der Waals surface area contributed by atoms with Crippen LogP contribution in [0.2, 0.25) is 0 Å². The molecule has 2 aromatic carbocycles. The van der Waals surface area contributed by atoms with E-state index in [9.17, 15) is 46.7 Å². The van der Waals surface area contributed by atoms with Crippen molar-refractivity contribution in [3.05, 3.63) is 89.5 Å². The highest BCUT2D eigenvalue weighted by Gasteiger charge is 2.45. The number of hydrogen-bond donors (Lipinski definition) is 4. The standard InChI is InChI=1S/C42H41F4N9O9/c43-28-20-54(35(58)16-23-6-8-25(9-7-23)64-42(44,45)46)15-12-32(28)63-39-27(37(47)59)17-24(18-50-39)30-21-53(22-51-30)14-2-1-13-48-34(57)19-49-29-5-3-4-26-36(29)41(62)55(40(26)61)31-10-11-33(56)52-38(31)60/h3-9,17-18,21-22,28,31-32,49H,1-2,10-16,19-20H2,(H2,47,59)(H,48,57)(H,52,56,60)/t28-,31?,32-/m1/s1. The van der Waals surface area contributed by atoms with Crippen LogP contribution in [0, 0.1) is 0 Å². The number of pyridine rings is 1. The summed E-state index contributed by atoms with van der Waals surface area (Å²) >= 11 is 0. The van der Waals surface area contributed by atoms with Crippen molar-refractivity contribution in [1.82, 2.24) is 35.0 Å². The number of aryl methyl sites for hydroxylation is 1. The summed E-state index contributed by atoms with van der Waals surface area (Å²) in [4.78, 5) is 99.1. The normalized spacial score (nSPS) is 18.7. The number of primary amides is 1. The van der Waals surface area contributed by atoms with Crippen LogP contribution in [0.15, 0.2) is 67.3 Å². The molecule has 2 saturated heterocycles. The van der Waals surface area contributed by atoms with E-state index in [0.29, 0.717) is 42.8 Å². The van der Waals surface area contributed by atoms with Gasteiger partial charge in [-0.25, -0.2) is 14.4 Å². The Kier molecular flexibility index (Phi) is 13.2. The number of nitrogens with zero attached hydrogens (tertiary/aromatic N) is 5. The third-order valence-corrected chi connectivity index (χ3v) is 10.7. The maximum atomic E-state index is 15.3. The quantitative estimate of drug-likeness (QED) is 0.0722. The molecule has 2 fully saturated rings. The Morgan fingerprint density at radius 1 is 0.984 bits per heavy atom. The number of nitrogens with two attached hydrogens (primary N) is 1. The number of fused-ring (bicyclic) bond motifs is 1. The van der Waals surface area contributed by atoms with Crippen LogP contribution >= 0.6 is 0 Å². The molecule has 7 rings (SSSR count). The number of amides is 7. The van der Waals surface area contributed by atoms with Crippen molar-refractivity contribution < 1.29 is 60.6 Å². The lowest BCUT2D eigenvalue weighted by Gasteiger charge is -2.34. The number of anilines is 1. The van der Waals surface area contributed by atoms with Crippen molar-refractivity contribution in [2.45, 2.75) is 69.7 Å². The number of rotatable bonds is 16. The maximum absolute atomic E-state index is 15.3. The molecule has 0 aliphatic carbocycles. The van der Waals surface area contributed by atoms with Gasteiger partial charge >= 0.3 is 6.36 Å². The van der Waals surface area contributed by atoms with Gasteiger partial charge in [0, 0.05) is 56.1 Å². The zero-order valence-corrected chi connectivity index (χ0v) is 33.9. The topological polar surface area (TPSA) is 237 Å². The summed E-state index contributed by atoms with van der Waals surface area (Å²) < 4.78 is 64.1. The SMILES string of the molecule is NC(=O)c1cc(-c2cn(CCCCNC(=O)CNc3cccc4c3C(=O)N(C3CCC(=O)NC3=O)C4=O)cn2)cnc1O[C@@H]1CCN(C(=O)Cc2ccc(OC(F)(F)F)cc2)C[C@H]1F. The second-order valence-electron chi connectivity index (χ2n) is 15.2. The minimum absolute atomic E-state index is 0.00774. The molecular formula is C42H41F4N9O9. The Hall–Kier alpha value is -7.39. The lowest BCUT2D eigenvalue weighted by atomic mass is 10.0. The first-order valence-electron chi connectivity index (χ1n) is 20.1. The number of unbranched alkanes of at least 4 members (excludes halogenated alkanes) is 1. The molecule has 7 amide bonds. The van der Waals surface area contributed by atoms with Crippen LogP contribution in [0.1, 0.15) is 68.7 Å². The molecule has 0 bridgehead atoms. The van der Waals surface area contributed by atoms with E-state index in [0.717, 1.165) is 17.0 Å². The van der Waals surface area contributed by atoms with Crippen LogP contribution in [0.5, 0.6) is 11.6 Å². The van der Waals surface area contributed by atoms with Gasteiger partial charge in [0.1, 0.15) is 23.5 Å². The molecule has 0 spiro atoms. The molecule has 2 aromatic heterocycles. The van der Waals surface area contributed by atoms with Gasteiger partial charge in [0.05, 0.1) is 42.7 Å². The Labute approximate surface area is 361 Å². The van der Waals surface area contributed by atoms with E-state index in [1.165, 1.54) is 35.4 Å². The first-order valence-corrected chi connectivity index (χ1v) is 20.1. The van der Waals surface area contributed by atoms with Crippen LogP contribution in [0.4, 0.5) is 23.2 Å². The lowest BCUT2D eigenvalue weighted by molar-refractivity contribution is -0.274. The number of benzene rings is 2. The lowest BCUT2D eigenvalue weighted by Crippen LogP contribution is -2.54. The van der Waals surface area contributed by atoms with Crippen molar-refractivity contribution in [3.63, 3.8) is 0 Å². The fourth-order valence-corrected chi connectivity index (χ4v) is 7.52.